The van der Waals surface area contributed by atoms with E-state index in [4.69, 9.17) is 17.3 Å². The van der Waals surface area contributed by atoms with Crippen molar-refractivity contribution in [3.8, 4) is 0 Å². The fraction of sp³-hybridized carbons (Fsp3) is 0. The zero-order valence-corrected chi connectivity index (χ0v) is 13.0. The minimum Gasteiger partial charge on any atom is -0.477 e. The number of nitrogens with one attached hydrogen (secondary N) is 4. The lowest BCUT2D eigenvalue weighted by molar-refractivity contribution is 0.0690. The molecule has 0 saturated heterocycles. The van der Waals surface area contributed by atoms with Crippen molar-refractivity contribution in [3.63, 3.8) is 0 Å². The lowest BCUT2D eigenvalue weighted by atomic mass is 10.4. The number of aromatic amines is 4. The van der Waals surface area contributed by atoms with Gasteiger partial charge in [-0.1, -0.05) is 24.8 Å². The third-order valence-corrected chi connectivity index (χ3v) is 2.65. The quantitative estimate of drug-likeness (QED) is 0.339. The molecule has 0 aliphatic rings. The number of carboxylic acid groups (broad SMARTS) is 1. The van der Waals surface area contributed by atoms with E-state index in [9.17, 15) is 19.2 Å². The molecule has 0 fully saturated rings. The standard InChI is InChI=1S/C5H4N2O3S.C5H4N2O2S2/c8-3-1-2(4(9)11)6-5(10)7-3;8-4(9)2-1-3(10)7-5(11)6-2/h1H,(H,9,11)(H2,6,7,8,10);1H,(H,8,9)(H2,6,7,10,11). The predicted octanol–water partition coefficient (Wildman–Crippen LogP) is 0.633. The van der Waals surface area contributed by atoms with E-state index in [2.05, 4.69) is 39.8 Å². The Morgan fingerprint density at radius 1 is 1.00 bits per heavy atom. The Labute approximate surface area is 136 Å². The smallest absolute Gasteiger partial charge is 0.352 e. The summed E-state index contributed by atoms with van der Waals surface area (Å²) in [6.07, 6.45) is 0. The minimum absolute atomic E-state index is 0.00116. The molecule has 0 saturated carbocycles. The summed E-state index contributed by atoms with van der Waals surface area (Å²) < 4.78 is 0.529. The Morgan fingerprint density at radius 2 is 1.64 bits per heavy atom. The molecule has 2 aromatic heterocycles. The maximum absolute atomic E-state index is 10.6. The Balaban J connectivity index is 0.000000220. The molecule has 5 N–H and O–H groups in total. The molecule has 0 amide bonds. The first-order valence-electron chi connectivity index (χ1n) is 5.33. The van der Waals surface area contributed by atoms with Crippen molar-refractivity contribution in [2.24, 2.45) is 0 Å². The Kier molecular flexibility index (Phi) is 6.15. The van der Waals surface area contributed by atoms with E-state index in [-0.39, 0.29) is 16.2 Å². The van der Waals surface area contributed by atoms with Gasteiger partial charge in [-0.2, -0.15) is 0 Å². The molecule has 12 heteroatoms. The van der Waals surface area contributed by atoms with Gasteiger partial charge in [0, 0.05) is 12.1 Å². The van der Waals surface area contributed by atoms with Crippen LogP contribution in [0.4, 0.5) is 0 Å². The number of hydrogen-bond acceptors (Lipinski definition) is 6. The fourth-order valence-corrected chi connectivity index (χ4v) is 1.79. The van der Waals surface area contributed by atoms with Gasteiger partial charge in [0.1, 0.15) is 16.0 Å². The Morgan fingerprint density at radius 3 is 2.09 bits per heavy atom. The maximum Gasteiger partial charge on any atom is 0.352 e. The third-order valence-electron chi connectivity index (χ3n) is 1.98. The number of rotatable bonds is 2. The van der Waals surface area contributed by atoms with Crippen LogP contribution < -0.4 is 11.2 Å². The zero-order chi connectivity index (χ0) is 16.9. The lowest BCUT2D eigenvalue weighted by Crippen LogP contribution is -2.23. The highest BCUT2D eigenvalue weighted by atomic mass is 32.1. The van der Waals surface area contributed by atoms with Gasteiger partial charge < -0.3 is 20.1 Å². The van der Waals surface area contributed by atoms with Crippen molar-refractivity contribution >= 4 is 48.1 Å². The first kappa shape index (κ1) is 17.7. The molecule has 116 valence electrons. The van der Waals surface area contributed by atoms with E-state index in [0.29, 0.717) is 4.64 Å². The normalized spacial score (nSPS) is 9.50. The summed E-state index contributed by atoms with van der Waals surface area (Å²) in [5, 5.41) is 7.85. The number of H-pyrrole nitrogens is 4. The topological polar surface area (TPSA) is 152 Å². The van der Waals surface area contributed by atoms with Crippen LogP contribution in [0.1, 0.15) is 21.0 Å². The average Bonchev–Trinajstić information content (AvgIpc) is 2.37. The second kappa shape index (κ2) is 7.63. The molecule has 0 atom stereocenters. The number of carboxylic acids is 1. The second-order valence-corrected chi connectivity index (χ2v) is 4.87. The molecular weight excluding hydrogens is 352 g/mol. The van der Waals surface area contributed by atoms with E-state index in [0.717, 1.165) is 6.07 Å². The van der Waals surface area contributed by atoms with E-state index < -0.39 is 22.3 Å². The van der Waals surface area contributed by atoms with E-state index in [1.165, 1.54) is 6.07 Å². The number of carbonyl (C=O) groups excluding carboxylic acids is 1. The lowest BCUT2D eigenvalue weighted by Gasteiger charge is -1.92. The molecular formula is C10H8N4O5S3. The largest absolute Gasteiger partial charge is 0.477 e. The van der Waals surface area contributed by atoms with Gasteiger partial charge in [0.25, 0.3) is 5.56 Å². The molecule has 2 rings (SSSR count). The number of hydrogen-bond donors (Lipinski definition) is 6. The first-order chi connectivity index (χ1) is 10.2. The third kappa shape index (κ3) is 5.59. The van der Waals surface area contributed by atoms with Crippen LogP contribution in [0.3, 0.4) is 0 Å². The molecule has 2 heterocycles. The van der Waals surface area contributed by atoms with Gasteiger partial charge in [0.15, 0.2) is 4.77 Å². The van der Waals surface area contributed by atoms with Crippen LogP contribution in [0.2, 0.25) is 0 Å². The summed E-state index contributed by atoms with van der Waals surface area (Å²) in [4.78, 5) is 51.0. The Hall–Kier alpha value is -2.31. The molecule has 0 aromatic carbocycles. The van der Waals surface area contributed by atoms with Crippen molar-refractivity contribution < 1.29 is 14.7 Å². The SMILES string of the molecule is O=C(O)c1cc(=S)[nH]c(=S)[nH]1.O=C(S)c1cc(=O)[nH]c(=O)[nH]1. The molecule has 0 unspecified atom stereocenters. The van der Waals surface area contributed by atoms with Crippen molar-refractivity contribution in [2.45, 2.75) is 0 Å². The highest BCUT2D eigenvalue weighted by molar-refractivity contribution is 7.97. The zero-order valence-electron chi connectivity index (χ0n) is 10.5. The van der Waals surface area contributed by atoms with Crippen LogP contribution >= 0.6 is 37.1 Å². The first-order valence-corrected chi connectivity index (χ1v) is 6.59. The number of thiol groups is 1. The molecule has 0 radical (unpaired) electrons. The van der Waals surface area contributed by atoms with Crippen LogP contribution in [-0.2, 0) is 0 Å². The summed E-state index contributed by atoms with van der Waals surface area (Å²) in [6, 6.07) is 2.27. The molecule has 0 aliphatic heterocycles. The summed E-state index contributed by atoms with van der Waals surface area (Å²) in [5.41, 5.74) is -1.44. The highest BCUT2D eigenvalue weighted by Crippen LogP contribution is 1.93. The van der Waals surface area contributed by atoms with Gasteiger partial charge in [-0.15, -0.1) is 0 Å². The van der Waals surface area contributed by atoms with Crippen LogP contribution in [0.15, 0.2) is 21.7 Å². The number of aromatic carboxylic acids is 1. The predicted molar refractivity (Wildman–Crippen MR) is 84.8 cm³/mol. The number of carbonyl (C=O) groups is 2. The van der Waals surface area contributed by atoms with Gasteiger partial charge >= 0.3 is 11.7 Å². The van der Waals surface area contributed by atoms with E-state index >= 15 is 0 Å². The summed E-state index contributed by atoms with van der Waals surface area (Å²) >= 11 is 12.8. The van der Waals surface area contributed by atoms with Gasteiger partial charge in [0.2, 0.25) is 5.12 Å². The molecule has 22 heavy (non-hydrogen) atoms. The van der Waals surface area contributed by atoms with Crippen LogP contribution in [0.25, 0.3) is 0 Å². The summed E-state index contributed by atoms with van der Waals surface area (Å²) in [7, 11) is 0. The molecule has 0 bridgehead atoms. The van der Waals surface area contributed by atoms with Gasteiger partial charge in [-0.25, -0.2) is 9.59 Å². The van der Waals surface area contributed by atoms with Crippen molar-refractivity contribution in [2.75, 3.05) is 0 Å². The average molecular weight is 360 g/mol. The molecule has 0 spiro atoms. The minimum atomic E-state index is -1.07. The molecule has 9 nitrogen and oxygen atoms in total. The van der Waals surface area contributed by atoms with E-state index in [1.807, 2.05) is 4.98 Å². The summed E-state index contributed by atoms with van der Waals surface area (Å²) in [6.45, 7) is 0. The monoisotopic (exact) mass is 360 g/mol. The maximum atomic E-state index is 10.6. The van der Waals surface area contributed by atoms with Crippen LogP contribution in [-0.4, -0.2) is 36.1 Å². The molecule has 0 aliphatic carbocycles. The van der Waals surface area contributed by atoms with Gasteiger partial charge in [-0.3, -0.25) is 14.6 Å². The highest BCUT2D eigenvalue weighted by Gasteiger charge is 2.01. The van der Waals surface area contributed by atoms with Crippen molar-refractivity contribution in [1.82, 2.24) is 19.9 Å². The number of aromatic nitrogens is 4. The summed E-state index contributed by atoms with van der Waals surface area (Å²) in [5.74, 6) is -1.07. The second-order valence-electron chi connectivity index (χ2n) is 3.61. The molecule has 2 aromatic rings. The van der Waals surface area contributed by atoms with Gasteiger partial charge in [0.05, 0.1) is 0 Å². The van der Waals surface area contributed by atoms with Crippen molar-refractivity contribution in [1.29, 1.82) is 0 Å². The van der Waals surface area contributed by atoms with Crippen LogP contribution in [0, 0.1) is 9.41 Å². The van der Waals surface area contributed by atoms with Gasteiger partial charge in [-0.05, 0) is 12.2 Å². The van der Waals surface area contributed by atoms with Crippen molar-refractivity contribution in [3.05, 3.63) is 53.8 Å². The Bertz CT molecular complexity index is 805. The van der Waals surface area contributed by atoms with E-state index in [1.54, 1.807) is 0 Å². The van der Waals surface area contributed by atoms with Crippen LogP contribution in [0.5, 0.6) is 0 Å². The fourth-order valence-electron chi connectivity index (χ4n) is 1.17.